The van der Waals surface area contributed by atoms with Gasteiger partial charge in [0.15, 0.2) is 0 Å². The topological polar surface area (TPSA) is 35.8 Å². The maximum absolute atomic E-state index is 9.97. The zero-order chi connectivity index (χ0) is 20.1. The van der Waals surface area contributed by atoms with Crippen molar-refractivity contribution in [2.45, 2.75) is 30.8 Å². The van der Waals surface area contributed by atoms with E-state index in [0.29, 0.717) is 5.92 Å². The van der Waals surface area contributed by atoms with Gasteiger partial charge in [-0.25, -0.2) is 0 Å². The number of benzene rings is 3. The highest BCUT2D eigenvalue weighted by molar-refractivity contribution is 5.86. The molecule has 1 saturated heterocycles. The lowest BCUT2D eigenvalue weighted by Gasteiger charge is -2.27. The Bertz CT molecular complexity index is 925. The number of nitrogens with zero attached hydrogens (tertiary/aromatic N) is 2. The van der Waals surface area contributed by atoms with Crippen molar-refractivity contribution in [1.29, 1.82) is 0 Å². The highest BCUT2D eigenvalue weighted by Crippen LogP contribution is 2.44. The van der Waals surface area contributed by atoms with Gasteiger partial charge in [-0.2, -0.15) is 0 Å². The quantitative estimate of drug-likeness (QED) is 0.659. The van der Waals surface area contributed by atoms with Gasteiger partial charge in [0.25, 0.3) is 0 Å². The minimum absolute atomic E-state index is 0.0538. The van der Waals surface area contributed by atoms with Crippen LogP contribution in [-0.2, 0) is 6.42 Å². The van der Waals surface area contributed by atoms with Crippen LogP contribution >= 0.6 is 0 Å². The van der Waals surface area contributed by atoms with Crippen molar-refractivity contribution >= 4 is 5.84 Å². The fraction of sp³-hybridized carbons (Fsp3) is 0.269. The van der Waals surface area contributed by atoms with Gasteiger partial charge in [0, 0.05) is 19.4 Å². The zero-order valence-electron chi connectivity index (χ0n) is 16.9. The third-order valence-electron chi connectivity index (χ3n) is 5.83. The average molecular weight is 385 g/mol. The van der Waals surface area contributed by atoms with Crippen molar-refractivity contribution in [2.75, 3.05) is 13.7 Å². The van der Waals surface area contributed by atoms with Crippen LogP contribution in [0.4, 0.5) is 0 Å². The van der Waals surface area contributed by atoms with Gasteiger partial charge in [0.05, 0.1) is 18.7 Å². The second kappa shape index (κ2) is 9.06. The summed E-state index contributed by atoms with van der Waals surface area (Å²) in [6, 6.07) is 31.8. The number of rotatable bonds is 6. The number of aliphatic hydroxyl groups is 1. The van der Waals surface area contributed by atoms with Gasteiger partial charge >= 0.3 is 0 Å². The number of hydrogen-bond acceptors (Lipinski definition) is 2. The van der Waals surface area contributed by atoms with Crippen LogP contribution in [0.15, 0.2) is 96.0 Å². The highest BCUT2D eigenvalue weighted by atomic mass is 16.3. The summed E-state index contributed by atoms with van der Waals surface area (Å²) < 4.78 is 0. The third-order valence-corrected chi connectivity index (χ3v) is 5.83. The van der Waals surface area contributed by atoms with Crippen LogP contribution in [0, 0.1) is 0 Å². The number of aliphatic imine (C=N–C) groups is 1. The molecule has 0 aliphatic carbocycles. The molecular weight excluding hydrogens is 356 g/mol. The van der Waals surface area contributed by atoms with Crippen LogP contribution in [0.25, 0.3) is 0 Å². The molecule has 3 atom stereocenters. The van der Waals surface area contributed by atoms with E-state index in [1.54, 1.807) is 0 Å². The Labute approximate surface area is 173 Å². The Hall–Kier alpha value is -2.91. The maximum atomic E-state index is 9.97. The number of amidine groups is 1. The van der Waals surface area contributed by atoms with E-state index >= 15 is 0 Å². The van der Waals surface area contributed by atoms with Gasteiger partial charge in [0.1, 0.15) is 5.84 Å². The second-order valence-electron chi connectivity index (χ2n) is 7.76. The maximum Gasteiger partial charge on any atom is 0.100 e. The van der Waals surface area contributed by atoms with Crippen molar-refractivity contribution in [2.24, 2.45) is 4.99 Å². The summed E-state index contributed by atoms with van der Waals surface area (Å²) in [4.78, 5) is 7.32. The van der Waals surface area contributed by atoms with Crippen molar-refractivity contribution < 1.29 is 5.11 Å². The van der Waals surface area contributed by atoms with Crippen LogP contribution in [-0.4, -0.2) is 35.5 Å². The summed E-state index contributed by atoms with van der Waals surface area (Å²) in [6.45, 7) is 0.0538. The van der Waals surface area contributed by atoms with E-state index in [4.69, 9.17) is 4.99 Å². The predicted octanol–water partition coefficient (Wildman–Crippen LogP) is 4.85. The van der Waals surface area contributed by atoms with Gasteiger partial charge in [-0.1, -0.05) is 91.0 Å². The molecule has 4 rings (SSSR count). The average Bonchev–Trinajstić information content (AvgIpc) is 3.11. The van der Waals surface area contributed by atoms with Crippen LogP contribution in [0.3, 0.4) is 0 Å². The minimum atomic E-state index is -0.124. The molecule has 29 heavy (non-hydrogen) atoms. The molecule has 1 fully saturated rings. The first-order chi connectivity index (χ1) is 14.3. The molecule has 0 bridgehead atoms. The third kappa shape index (κ3) is 4.41. The molecule has 1 N–H and O–H groups in total. The first-order valence-electron chi connectivity index (χ1n) is 10.3. The van der Waals surface area contributed by atoms with Gasteiger partial charge in [-0.3, -0.25) is 4.99 Å². The zero-order valence-corrected chi connectivity index (χ0v) is 16.9. The molecule has 0 amide bonds. The Morgan fingerprint density at radius 3 is 2.00 bits per heavy atom. The monoisotopic (exact) mass is 384 g/mol. The van der Waals surface area contributed by atoms with Gasteiger partial charge in [-0.05, 0) is 23.1 Å². The Kier molecular flexibility index (Phi) is 6.06. The van der Waals surface area contributed by atoms with E-state index in [2.05, 4.69) is 84.7 Å². The van der Waals surface area contributed by atoms with E-state index in [1.807, 2.05) is 18.2 Å². The first-order valence-corrected chi connectivity index (χ1v) is 10.3. The van der Waals surface area contributed by atoms with E-state index in [0.717, 1.165) is 18.7 Å². The van der Waals surface area contributed by atoms with Gasteiger partial charge in [0.2, 0.25) is 0 Å². The molecule has 3 nitrogen and oxygen atoms in total. The second-order valence-corrected chi connectivity index (χ2v) is 7.76. The van der Waals surface area contributed by atoms with Crippen LogP contribution in [0.5, 0.6) is 0 Å². The normalized spacial score (nSPS) is 21.4. The molecule has 1 aliphatic heterocycles. The first kappa shape index (κ1) is 19.4. The largest absolute Gasteiger partial charge is 0.394 e. The molecule has 0 aromatic heterocycles. The molecule has 3 heteroatoms. The minimum Gasteiger partial charge on any atom is -0.394 e. The summed E-state index contributed by atoms with van der Waals surface area (Å²) in [6.07, 6.45) is 1.63. The summed E-state index contributed by atoms with van der Waals surface area (Å²) >= 11 is 0. The molecule has 0 unspecified atom stereocenters. The molecule has 0 spiro atoms. The molecular formula is C26H28N2O. The molecule has 1 aliphatic rings. The van der Waals surface area contributed by atoms with Gasteiger partial charge < -0.3 is 10.0 Å². The van der Waals surface area contributed by atoms with Crippen molar-refractivity contribution in [1.82, 2.24) is 4.90 Å². The molecule has 0 radical (unpaired) electrons. The molecule has 1 heterocycles. The standard InChI is InChI=1S/C26H28N2O/c1-28-25(27-23(19-29)17-20-11-5-2-6-12-20)18-24(21-13-7-3-8-14-21)26(28)22-15-9-4-10-16-22/h2-16,23-24,26,29H,17-19H2,1H3/b27-25-/t23-,24+,26+/m0/s1. The fourth-order valence-electron chi connectivity index (χ4n) is 4.38. The highest BCUT2D eigenvalue weighted by Gasteiger charge is 2.38. The smallest absolute Gasteiger partial charge is 0.100 e. The van der Waals surface area contributed by atoms with E-state index in [-0.39, 0.29) is 18.7 Å². The Morgan fingerprint density at radius 1 is 0.862 bits per heavy atom. The summed E-state index contributed by atoms with van der Waals surface area (Å²) in [5.41, 5.74) is 3.84. The lowest BCUT2D eigenvalue weighted by molar-refractivity contribution is 0.264. The summed E-state index contributed by atoms with van der Waals surface area (Å²) in [5, 5.41) is 9.97. The van der Waals surface area contributed by atoms with Crippen LogP contribution < -0.4 is 0 Å². The Balaban J connectivity index is 1.65. The van der Waals surface area contributed by atoms with Gasteiger partial charge in [-0.15, -0.1) is 0 Å². The molecule has 0 saturated carbocycles. The molecule has 3 aromatic carbocycles. The lowest BCUT2D eigenvalue weighted by atomic mass is 9.87. The summed E-state index contributed by atoms with van der Waals surface area (Å²) in [7, 11) is 2.14. The number of aliphatic hydroxyl groups excluding tert-OH is 1. The van der Waals surface area contributed by atoms with E-state index < -0.39 is 0 Å². The lowest BCUT2D eigenvalue weighted by Crippen LogP contribution is -2.27. The van der Waals surface area contributed by atoms with Crippen LogP contribution in [0.2, 0.25) is 0 Å². The van der Waals surface area contributed by atoms with E-state index in [9.17, 15) is 5.11 Å². The van der Waals surface area contributed by atoms with E-state index in [1.165, 1.54) is 16.7 Å². The van der Waals surface area contributed by atoms with Crippen molar-refractivity contribution in [3.05, 3.63) is 108 Å². The van der Waals surface area contributed by atoms with Crippen molar-refractivity contribution in [3.63, 3.8) is 0 Å². The van der Waals surface area contributed by atoms with Crippen molar-refractivity contribution in [3.8, 4) is 0 Å². The number of likely N-dealkylation sites (tertiary alicyclic amines) is 1. The molecule has 3 aromatic rings. The predicted molar refractivity (Wildman–Crippen MR) is 119 cm³/mol. The Morgan fingerprint density at radius 2 is 1.41 bits per heavy atom. The molecule has 148 valence electrons. The van der Waals surface area contributed by atoms with Crippen LogP contribution in [0.1, 0.15) is 35.1 Å². The fourth-order valence-corrected chi connectivity index (χ4v) is 4.38. The number of hydrogen-bond donors (Lipinski definition) is 1. The SMILES string of the molecule is CN1/C(=N\[C@H](CO)Cc2ccccc2)C[C@H](c2ccccc2)[C@H]1c1ccccc1. The number of likely N-dealkylation sites (N-methyl/N-ethyl adjacent to an activating group) is 1. The summed E-state index contributed by atoms with van der Waals surface area (Å²) in [5.74, 6) is 1.42.